The lowest BCUT2D eigenvalue weighted by atomic mass is 9.86. The van der Waals surface area contributed by atoms with E-state index in [0.29, 0.717) is 31.2 Å². The molecule has 0 bridgehead atoms. The number of piperidine rings is 3. The van der Waals surface area contributed by atoms with Crippen molar-refractivity contribution < 1.29 is 14.4 Å². The van der Waals surface area contributed by atoms with Gasteiger partial charge in [0.25, 0.3) is 0 Å². The van der Waals surface area contributed by atoms with Crippen LogP contribution in [0, 0.1) is 5.92 Å². The Balaban J connectivity index is 1.21. The smallest absolute Gasteiger partial charge is 0.234 e. The minimum absolute atomic E-state index is 0.153. The van der Waals surface area contributed by atoms with Gasteiger partial charge < -0.3 is 10.2 Å². The molecule has 4 heterocycles. The highest BCUT2D eigenvalue weighted by Crippen LogP contribution is 2.39. The van der Waals surface area contributed by atoms with Crippen LogP contribution in [0.25, 0.3) is 0 Å². The Morgan fingerprint density at radius 2 is 1.75 bits per heavy atom. The van der Waals surface area contributed by atoms with Crippen molar-refractivity contribution in [2.45, 2.75) is 56.9 Å². The van der Waals surface area contributed by atoms with Crippen molar-refractivity contribution in [1.82, 2.24) is 15.5 Å². The lowest BCUT2D eigenvalue weighted by Crippen LogP contribution is -2.47. The van der Waals surface area contributed by atoms with Crippen molar-refractivity contribution in [3.63, 3.8) is 0 Å². The second-order valence-electron chi connectivity index (χ2n) is 9.79. The number of likely N-dealkylation sites (tertiary alicyclic amines) is 1. The number of amides is 2. The molecule has 1 atom stereocenters. The minimum Gasteiger partial charge on any atom is -0.368 e. The summed E-state index contributed by atoms with van der Waals surface area (Å²) < 4.78 is 0. The Labute approximate surface area is 189 Å². The molecule has 0 aliphatic carbocycles. The van der Waals surface area contributed by atoms with E-state index in [1.54, 1.807) is 0 Å². The molecule has 32 heavy (non-hydrogen) atoms. The predicted octanol–water partition coefficient (Wildman–Crippen LogP) is 1.60. The first-order chi connectivity index (χ1) is 15.6. The fourth-order valence-corrected chi connectivity index (χ4v) is 6.06. The molecule has 0 aromatic heterocycles. The normalized spacial score (nSPS) is 25.6. The summed E-state index contributed by atoms with van der Waals surface area (Å²) in [6.07, 6.45) is 6.08. The number of nitrogens with zero attached hydrogens (tertiary/aromatic N) is 2. The first-order valence-corrected chi connectivity index (χ1v) is 12.3. The Kier molecular flexibility index (Phi) is 6.28. The number of benzene rings is 1. The third kappa shape index (κ3) is 4.33. The molecule has 0 radical (unpaired) electrons. The van der Waals surface area contributed by atoms with Crippen LogP contribution in [0.3, 0.4) is 0 Å². The molecular formula is C25H34N4O3. The van der Waals surface area contributed by atoms with Gasteiger partial charge in [0, 0.05) is 43.7 Å². The van der Waals surface area contributed by atoms with Crippen LogP contribution in [0.1, 0.15) is 55.6 Å². The molecule has 172 valence electrons. The third-order valence-corrected chi connectivity index (χ3v) is 7.89. The number of carbonyl (C=O) groups excluding carboxylic acids is 3. The molecule has 3 saturated heterocycles. The number of nitrogens with one attached hydrogen (secondary N) is 2. The molecule has 7 nitrogen and oxygen atoms in total. The Morgan fingerprint density at radius 1 is 0.969 bits per heavy atom. The summed E-state index contributed by atoms with van der Waals surface area (Å²) in [5.41, 5.74) is 3.64. The molecule has 5 rings (SSSR count). The quantitative estimate of drug-likeness (QED) is 0.680. The number of imide groups is 1. The Bertz CT molecular complexity index is 887. The van der Waals surface area contributed by atoms with Crippen molar-refractivity contribution in [1.29, 1.82) is 0 Å². The largest absolute Gasteiger partial charge is 0.368 e. The molecule has 1 aromatic carbocycles. The molecule has 3 fully saturated rings. The third-order valence-electron chi connectivity index (χ3n) is 7.89. The summed E-state index contributed by atoms with van der Waals surface area (Å²) in [7, 11) is 0. The number of Topliss-reactive ketones (excluding diaryl/α,β-unsaturated/α-hetero) is 1. The monoisotopic (exact) mass is 438 g/mol. The van der Waals surface area contributed by atoms with Gasteiger partial charge in [0.05, 0.1) is 12.5 Å². The maximum absolute atomic E-state index is 12.7. The van der Waals surface area contributed by atoms with Gasteiger partial charge in [0.15, 0.2) is 0 Å². The summed E-state index contributed by atoms with van der Waals surface area (Å²) in [4.78, 5) is 41.5. The van der Waals surface area contributed by atoms with E-state index in [1.807, 2.05) is 0 Å². The van der Waals surface area contributed by atoms with Gasteiger partial charge >= 0.3 is 0 Å². The van der Waals surface area contributed by atoms with Gasteiger partial charge in [0.1, 0.15) is 5.78 Å². The standard InChI is InChI=1S/C25H34N4O3/c30-23(17-6-11-26-12-7-17)16-28-13-8-18(9-14-28)29-15-10-20-19(2-1-3-22(20)29)21-4-5-24(31)27-25(21)32/h1-3,17-18,21,26H,4-16H2,(H,27,31,32)/t21-/m1/s1. The van der Waals surface area contributed by atoms with Gasteiger partial charge in [-0.05, 0) is 68.8 Å². The average molecular weight is 439 g/mol. The highest BCUT2D eigenvalue weighted by Gasteiger charge is 2.35. The lowest BCUT2D eigenvalue weighted by Gasteiger charge is -2.38. The van der Waals surface area contributed by atoms with Crippen molar-refractivity contribution in [3.8, 4) is 0 Å². The summed E-state index contributed by atoms with van der Waals surface area (Å²) in [5, 5.41) is 5.85. The number of hydrogen-bond donors (Lipinski definition) is 2. The number of fused-ring (bicyclic) bond motifs is 1. The van der Waals surface area contributed by atoms with Crippen LogP contribution in [-0.2, 0) is 20.8 Å². The van der Waals surface area contributed by atoms with E-state index < -0.39 is 0 Å². The van der Waals surface area contributed by atoms with Gasteiger partial charge in [0.2, 0.25) is 11.8 Å². The Morgan fingerprint density at radius 3 is 2.50 bits per heavy atom. The Hall–Kier alpha value is -2.25. The maximum Gasteiger partial charge on any atom is 0.234 e. The number of rotatable bonds is 5. The maximum atomic E-state index is 12.7. The molecule has 0 spiro atoms. The van der Waals surface area contributed by atoms with Crippen LogP contribution >= 0.6 is 0 Å². The zero-order chi connectivity index (χ0) is 22.1. The first kappa shape index (κ1) is 21.6. The number of ketones is 1. The summed E-state index contributed by atoms with van der Waals surface area (Å²) in [6, 6.07) is 6.80. The van der Waals surface area contributed by atoms with Crippen molar-refractivity contribution in [2.75, 3.05) is 44.2 Å². The van der Waals surface area contributed by atoms with Gasteiger partial charge in [-0.25, -0.2) is 0 Å². The fraction of sp³-hybridized carbons (Fsp3) is 0.640. The van der Waals surface area contributed by atoms with E-state index in [0.717, 1.165) is 70.4 Å². The van der Waals surface area contributed by atoms with E-state index in [1.165, 1.54) is 11.3 Å². The van der Waals surface area contributed by atoms with E-state index in [2.05, 4.69) is 38.6 Å². The van der Waals surface area contributed by atoms with Crippen LogP contribution in [-0.4, -0.2) is 67.8 Å². The van der Waals surface area contributed by atoms with Crippen LogP contribution < -0.4 is 15.5 Å². The SMILES string of the molecule is O=C1CC[C@H](c2cccc3c2CCN3C2CCN(CC(=O)C3CCNCC3)CC2)C(=O)N1. The van der Waals surface area contributed by atoms with Crippen LogP contribution in [0.5, 0.6) is 0 Å². The van der Waals surface area contributed by atoms with E-state index in [-0.39, 0.29) is 23.7 Å². The summed E-state index contributed by atoms with van der Waals surface area (Å²) in [6.45, 7) is 5.47. The first-order valence-electron chi connectivity index (χ1n) is 12.3. The number of hydrogen-bond acceptors (Lipinski definition) is 6. The van der Waals surface area contributed by atoms with Crippen molar-refractivity contribution in [3.05, 3.63) is 29.3 Å². The average Bonchev–Trinajstić information content (AvgIpc) is 3.25. The molecule has 0 saturated carbocycles. The highest BCUT2D eigenvalue weighted by molar-refractivity contribution is 6.01. The van der Waals surface area contributed by atoms with Crippen molar-refractivity contribution >= 4 is 23.3 Å². The van der Waals surface area contributed by atoms with Gasteiger partial charge in [-0.1, -0.05) is 12.1 Å². The summed E-state index contributed by atoms with van der Waals surface area (Å²) >= 11 is 0. The lowest BCUT2D eigenvalue weighted by molar-refractivity contribution is -0.134. The zero-order valence-electron chi connectivity index (χ0n) is 18.8. The second kappa shape index (κ2) is 9.32. The van der Waals surface area contributed by atoms with Gasteiger partial charge in [-0.2, -0.15) is 0 Å². The number of carbonyl (C=O) groups is 3. The van der Waals surface area contributed by atoms with Crippen LogP contribution in [0.4, 0.5) is 5.69 Å². The number of anilines is 1. The predicted molar refractivity (Wildman–Crippen MR) is 123 cm³/mol. The molecule has 2 amide bonds. The van der Waals surface area contributed by atoms with E-state index in [4.69, 9.17) is 0 Å². The van der Waals surface area contributed by atoms with Crippen molar-refractivity contribution in [2.24, 2.45) is 5.92 Å². The summed E-state index contributed by atoms with van der Waals surface area (Å²) in [5.74, 6) is 0.131. The van der Waals surface area contributed by atoms with E-state index in [9.17, 15) is 14.4 Å². The van der Waals surface area contributed by atoms with E-state index >= 15 is 0 Å². The topological polar surface area (TPSA) is 81.8 Å². The second-order valence-corrected chi connectivity index (χ2v) is 9.79. The zero-order valence-corrected chi connectivity index (χ0v) is 18.8. The molecular weight excluding hydrogens is 404 g/mol. The molecule has 0 unspecified atom stereocenters. The molecule has 4 aliphatic rings. The highest BCUT2D eigenvalue weighted by atomic mass is 16.2. The minimum atomic E-state index is -0.217. The van der Waals surface area contributed by atoms with Crippen LogP contribution in [0.15, 0.2) is 18.2 Å². The molecule has 7 heteroatoms. The molecule has 2 N–H and O–H groups in total. The van der Waals surface area contributed by atoms with Gasteiger partial charge in [-0.15, -0.1) is 0 Å². The molecule has 1 aromatic rings. The van der Waals surface area contributed by atoms with Gasteiger partial charge in [-0.3, -0.25) is 24.6 Å². The van der Waals surface area contributed by atoms with Crippen LogP contribution in [0.2, 0.25) is 0 Å². The fourth-order valence-electron chi connectivity index (χ4n) is 6.06. The molecule has 4 aliphatic heterocycles.